The van der Waals surface area contributed by atoms with Crippen molar-refractivity contribution in [1.29, 1.82) is 0 Å². The fourth-order valence-electron chi connectivity index (χ4n) is 3.32. The summed E-state index contributed by atoms with van der Waals surface area (Å²) in [5.74, 6) is -0.443. The second-order valence-corrected chi connectivity index (χ2v) is 7.83. The minimum absolute atomic E-state index is 0.0639. The lowest BCUT2D eigenvalue weighted by atomic mass is 10.2. The lowest BCUT2D eigenvalue weighted by Crippen LogP contribution is -2.50. The summed E-state index contributed by atoms with van der Waals surface area (Å²) in [4.78, 5) is 29.3. The number of benzene rings is 2. The Morgan fingerprint density at radius 3 is 2.46 bits per heavy atom. The number of nitrogens with one attached hydrogen (secondary N) is 1. The molecule has 2 heterocycles. The standard InChI is InChI=1S/C21H20FN3O2S/c22-17-7-4-8-18-16(17)13-19(28-18)21(27)25-11-9-24(10-12-25)14-20(26)23-15-5-2-1-3-6-15/h1-8,13H,9-12,14H2,(H,23,26). The Kier molecular flexibility index (Phi) is 5.36. The average Bonchev–Trinajstić information content (AvgIpc) is 3.14. The maximum absolute atomic E-state index is 13.9. The number of rotatable bonds is 4. The van der Waals surface area contributed by atoms with Gasteiger partial charge in [0.1, 0.15) is 5.82 Å². The Morgan fingerprint density at radius 2 is 1.75 bits per heavy atom. The quantitative estimate of drug-likeness (QED) is 0.734. The van der Waals surface area contributed by atoms with Crippen LogP contribution in [0.5, 0.6) is 0 Å². The number of fused-ring (bicyclic) bond motifs is 1. The van der Waals surface area contributed by atoms with Crippen LogP contribution in [0.2, 0.25) is 0 Å². The van der Waals surface area contributed by atoms with Crippen LogP contribution in [0.15, 0.2) is 54.6 Å². The van der Waals surface area contributed by atoms with E-state index in [2.05, 4.69) is 5.32 Å². The molecule has 1 aliphatic heterocycles. The van der Waals surface area contributed by atoms with Crippen LogP contribution < -0.4 is 5.32 Å². The zero-order chi connectivity index (χ0) is 19.5. The summed E-state index contributed by atoms with van der Waals surface area (Å²) in [6.07, 6.45) is 0. The fourth-order valence-corrected chi connectivity index (χ4v) is 4.36. The number of anilines is 1. The highest BCUT2D eigenvalue weighted by Crippen LogP contribution is 2.28. The van der Waals surface area contributed by atoms with Gasteiger partial charge in [0.25, 0.3) is 5.91 Å². The van der Waals surface area contributed by atoms with E-state index in [0.29, 0.717) is 43.0 Å². The van der Waals surface area contributed by atoms with E-state index in [-0.39, 0.29) is 17.6 Å². The molecule has 4 rings (SSSR count). The third-order valence-corrected chi connectivity index (χ3v) is 5.89. The molecule has 7 heteroatoms. The first kappa shape index (κ1) is 18.6. The van der Waals surface area contributed by atoms with Gasteiger partial charge in [-0.2, -0.15) is 0 Å². The van der Waals surface area contributed by atoms with Crippen LogP contribution in [-0.2, 0) is 4.79 Å². The maximum atomic E-state index is 13.9. The third kappa shape index (κ3) is 4.05. The number of carbonyl (C=O) groups excluding carboxylic acids is 2. The number of amides is 2. The lowest BCUT2D eigenvalue weighted by molar-refractivity contribution is -0.117. The number of halogens is 1. The predicted octanol–water partition coefficient (Wildman–Crippen LogP) is 3.44. The summed E-state index contributed by atoms with van der Waals surface area (Å²) in [6, 6.07) is 15.9. The van der Waals surface area contributed by atoms with Gasteiger partial charge in [-0.15, -0.1) is 11.3 Å². The molecule has 1 aromatic heterocycles. The molecular weight excluding hydrogens is 377 g/mol. The number of thiophene rings is 1. The van der Waals surface area contributed by atoms with Crippen molar-refractivity contribution >= 4 is 38.9 Å². The SMILES string of the molecule is O=C(CN1CCN(C(=O)c2cc3c(F)cccc3s2)CC1)Nc1ccccc1. The Labute approximate surface area is 166 Å². The molecule has 1 N–H and O–H groups in total. The highest BCUT2D eigenvalue weighted by atomic mass is 32.1. The van der Waals surface area contributed by atoms with Gasteiger partial charge in [0, 0.05) is 42.0 Å². The minimum atomic E-state index is -0.304. The van der Waals surface area contributed by atoms with E-state index < -0.39 is 0 Å². The number of carbonyl (C=O) groups is 2. The second-order valence-electron chi connectivity index (χ2n) is 6.74. The van der Waals surface area contributed by atoms with Crippen molar-refractivity contribution in [2.45, 2.75) is 0 Å². The Balaban J connectivity index is 1.32. The normalized spacial score (nSPS) is 15.0. The van der Waals surface area contributed by atoms with E-state index in [9.17, 15) is 14.0 Å². The molecule has 2 aromatic carbocycles. The number of para-hydroxylation sites is 1. The zero-order valence-corrected chi connectivity index (χ0v) is 16.0. The summed E-state index contributed by atoms with van der Waals surface area (Å²) in [7, 11) is 0. The molecule has 1 aliphatic rings. The molecule has 0 spiro atoms. The molecule has 5 nitrogen and oxygen atoms in total. The average molecular weight is 397 g/mol. The van der Waals surface area contributed by atoms with Crippen molar-refractivity contribution in [3.63, 3.8) is 0 Å². The molecule has 0 aliphatic carbocycles. The predicted molar refractivity (Wildman–Crippen MR) is 109 cm³/mol. The van der Waals surface area contributed by atoms with Crippen molar-refractivity contribution < 1.29 is 14.0 Å². The van der Waals surface area contributed by atoms with Gasteiger partial charge in [0.2, 0.25) is 5.91 Å². The molecule has 0 saturated carbocycles. The van der Waals surface area contributed by atoms with E-state index in [0.717, 1.165) is 10.4 Å². The molecule has 1 saturated heterocycles. The van der Waals surface area contributed by atoms with E-state index >= 15 is 0 Å². The fraction of sp³-hybridized carbons (Fsp3) is 0.238. The van der Waals surface area contributed by atoms with Gasteiger partial charge in [0.15, 0.2) is 0 Å². The third-order valence-electron chi connectivity index (χ3n) is 4.80. The van der Waals surface area contributed by atoms with E-state index in [1.807, 2.05) is 41.3 Å². The van der Waals surface area contributed by atoms with Gasteiger partial charge in [-0.1, -0.05) is 24.3 Å². The monoisotopic (exact) mass is 397 g/mol. The van der Waals surface area contributed by atoms with E-state index in [1.165, 1.54) is 17.4 Å². The first-order chi connectivity index (χ1) is 13.6. The summed E-state index contributed by atoms with van der Waals surface area (Å²) in [5.41, 5.74) is 0.776. The van der Waals surface area contributed by atoms with Crippen LogP contribution in [0.25, 0.3) is 10.1 Å². The van der Waals surface area contributed by atoms with Gasteiger partial charge in [-0.25, -0.2) is 4.39 Å². The largest absolute Gasteiger partial charge is 0.335 e. The molecule has 0 unspecified atom stereocenters. The molecule has 0 bridgehead atoms. The molecule has 2 amide bonds. The van der Waals surface area contributed by atoms with Gasteiger partial charge in [-0.05, 0) is 30.3 Å². The van der Waals surface area contributed by atoms with Crippen LogP contribution in [0.1, 0.15) is 9.67 Å². The van der Waals surface area contributed by atoms with Crippen molar-refractivity contribution in [3.05, 3.63) is 65.3 Å². The lowest BCUT2D eigenvalue weighted by Gasteiger charge is -2.34. The molecule has 0 radical (unpaired) electrons. The van der Waals surface area contributed by atoms with E-state index in [1.54, 1.807) is 17.0 Å². The molecule has 144 valence electrons. The Bertz CT molecular complexity index is 997. The van der Waals surface area contributed by atoms with Gasteiger partial charge >= 0.3 is 0 Å². The summed E-state index contributed by atoms with van der Waals surface area (Å²) in [5, 5.41) is 3.37. The molecule has 0 atom stereocenters. The van der Waals surface area contributed by atoms with Crippen LogP contribution in [0.3, 0.4) is 0 Å². The summed E-state index contributed by atoms with van der Waals surface area (Å²) >= 11 is 1.32. The second kappa shape index (κ2) is 8.08. The van der Waals surface area contributed by atoms with Gasteiger partial charge in [0.05, 0.1) is 11.4 Å². The highest BCUT2D eigenvalue weighted by Gasteiger charge is 2.24. The Hall–Kier alpha value is -2.77. The van der Waals surface area contributed by atoms with E-state index in [4.69, 9.17) is 0 Å². The topological polar surface area (TPSA) is 52.7 Å². The summed E-state index contributed by atoms with van der Waals surface area (Å²) < 4.78 is 14.6. The maximum Gasteiger partial charge on any atom is 0.264 e. The Morgan fingerprint density at radius 1 is 1.00 bits per heavy atom. The zero-order valence-electron chi connectivity index (χ0n) is 15.2. The molecule has 28 heavy (non-hydrogen) atoms. The van der Waals surface area contributed by atoms with Crippen LogP contribution >= 0.6 is 11.3 Å². The van der Waals surface area contributed by atoms with Crippen molar-refractivity contribution in [2.24, 2.45) is 0 Å². The van der Waals surface area contributed by atoms with Crippen molar-refractivity contribution in [2.75, 3.05) is 38.0 Å². The first-order valence-electron chi connectivity index (χ1n) is 9.15. The van der Waals surface area contributed by atoms with Gasteiger partial charge in [-0.3, -0.25) is 14.5 Å². The van der Waals surface area contributed by atoms with Crippen molar-refractivity contribution in [3.8, 4) is 0 Å². The highest BCUT2D eigenvalue weighted by molar-refractivity contribution is 7.20. The molecular formula is C21H20FN3O2S. The smallest absolute Gasteiger partial charge is 0.264 e. The van der Waals surface area contributed by atoms with Gasteiger partial charge < -0.3 is 10.2 Å². The van der Waals surface area contributed by atoms with Crippen LogP contribution in [-0.4, -0.2) is 54.3 Å². The first-order valence-corrected chi connectivity index (χ1v) is 9.96. The van der Waals surface area contributed by atoms with Crippen LogP contribution in [0, 0.1) is 5.82 Å². The van der Waals surface area contributed by atoms with Crippen LogP contribution in [0.4, 0.5) is 10.1 Å². The molecule has 1 fully saturated rings. The number of piperazine rings is 1. The number of nitrogens with zero attached hydrogens (tertiary/aromatic N) is 2. The number of hydrogen-bond acceptors (Lipinski definition) is 4. The van der Waals surface area contributed by atoms with Crippen molar-refractivity contribution in [1.82, 2.24) is 9.80 Å². The molecule has 3 aromatic rings. The number of hydrogen-bond donors (Lipinski definition) is 1. The summed E-state index contributed by atoms with van der Waals surface area (Å²) in [6.45, 7) is 2.66. The minimum Gasteiger partial charge on any atom is -0.335 e.